The third-order valence-electron chi connectivity index (χ3n) is 1.86. The van der Waals surface area contributed by atoms with Gasteiger partial charge in [-0.25, -0.2) is 17.5 Å². The minimum atomic E-state index is -3.19. The summed E-state index contributed by atoms with van der Waals surface area (Å²) in [7, 11) is -3.19. The molecule has 0 spiro atoms. The van der Waals surface area contributed by atoms with Crippen molar-refractivity contribution in [1.29, 1.82) is 0 Å². The minimum Gasteiger partial charge on any atom is -0.395 e. The number of hydrogen-bond donors (Lipinski definition) is 3. The fourth-order valence-corrected chi connectivity index (χ4v) is 1.60. The van der Waals surface area contributed by atoms with Crippen LogP contribution in [0, 0.1) is 5.82 Å². The Morgan fingerprint density at radius 2 is 2.06 bits per heavy atom. The molecule has 0 aliphatic carbocycles. The zero-order chi connectivity index (χ0) is 12.2. The normalized spacial score (nSPS) is 11.4. The Bertz CT molecular complexity index is 462. The van der Waals surface area contributed by atoms with Gasteiger partial charge in [0.25, 0.3) is 0 Å². The van der Waals surface area contributed by atoms with Crippen LogP contribution in [0.3, 0.4) is 0 Å². The highest BCUT2D eigenvalue weighted by Gasteiger charge is 2.03. The average molecular weight is 247 g/mol. The van der Waals surface area contributed by atoms with Crippen molar-refractivity contribution < 1.29 is 12.8 Å². The summed E-state index contributed by atoms with van der Waals surface area (Å²) in [5.41, 5.74) is 5.96. The Kier molecular flexibility index (Phi) is 4.08. The van der Waals surface area contributed by atoms with Crippen molar-refractivity contribution in [2.45, 2.75) is 0 Å². The van der Waals surface area contributed by atoms with E-state index in [9.17, 15) is 12.8 Å². The number of rotatable bonds is 5. The molecule has 0 amide bonds. The van der Waals surface area contributed by atoms with E-state index in [0.717, 1.165) is 6.26 Å². The lowest BCUT2D eigenvalue weighted by molar-refractivity contribution is 0.589. The second kappa shape index (κ2) is 5.13. The van der Waals surface area contributed by atoms with E-state index in [2.05, 4.69) is 10.0 Å². The molecule has 0 aliphatic rings. The summed E-state index contributed by atoms with van der Waals surface area (Å²) < 4.78 is 36.8. The number of nitrogens with one attached hydrogen (secondary N) is 2. The zero-order valence-electron chi connectivity index (χ0n) is 8.83. The van der Waals surface area contributed by atoms with Gasteiger partial charge in [-0.2, -0.15) is 0 Å². The van der Waals surface area contributed by atoms with E-state index >= 15 is 0 Å². The van der Waals surface area contributed by atoms with Crippen LogP contribution in [0.5, 0.6) is 0 Å². The molecule has 0 saturated heterocycles. The maximum Gasteiger partial charge on any atom is 0.208 e. The number of anilines is 2. The molecule has 0 fully saturated rings. The molecule has 0 aromatic heterocycles. The molecular weight excluding hydrogens is 233 g/mol. The molecule has 0 unspecified atom stereocenters. The Morgan fingerprint density at radius 1 is 1.38 bits per heavy atom. The summed E-state index contributed by atoms with van der Waals surface area (Å²) in [6.45, 7) is 0.551. The van der Waals surface area contributed by atoms with Gasteiger partial charge in [0.15, 0.2) is 0 Å². The van der Waals surface area contributed by atoms with Crippen molar-refractivity contribution >= 4 is 21.4 Å². The fourth-order valence-electron chi connectivity index (χ4n) is 1.12. The van der Waals surface area contributed by atoms with Gasteiger partial charge >= 0.3 is 0 Å². The van der Waals surface area contributed by atoms with Crippen LogP contribution in [0.4, 0.5) is 15.8 Å². The predicted octanol–water partition coefficient (Wildman–Crippen LogP) is 0.369. The van der Waals surface area contributed by atoms with Crippen molar-refractivity contribution in [3.8, 4) is 0 Å². The summed E-state index contributed by atoms with van der Waals surface area (Å²) in [5.74, 6) is -0.499. The number of nitrogens with two attached hydrogens (primary N) is 1. The lowest BCUT2D eigenvalue weighted by Gasteiger charge is -2.09. The Hall–Kier alpha value is -1.34. The standard InChI is InChI=1S/C9H14FN3O2S/c1-16(14,15)13-6-5-12-8-4-2-3-7(10)9(8)11/h2-4,12-13H,5-6,11H2,1H3. The van der Waals surface area contributed by atoms with Crippen molar-refractivity contribution in [2.75, 3.05) is 30.4 Å². The van der Waals surface area contributed by atoms with Crippen molar-refractivity contribution in [1.82, 2.24) is 4.72 Å². The Morgan fingerprint density at radius 3 is 2.69 bits per heavy atom. The van der Waals surface area contributed by atoms with Gasteiger partial charge < -0.3 is 11.1 Å². The highest BCUT2D eigenvalue weighted by molar-refractivity contribution is 7.88. The largest absolute Gasteiger partial charge is 0.395 e. The number of hydrogen-bond acceptors (Lipinski definition) is 4. The second-order valence-electron chi connectivity index (χ2n) is 3.29. The van der Waals surface area contributed by atoms with E-state index in [1.54, 1.807) is 6.07 Å². The number of benzene rings is 1. The average Bonchev–Trinajstić information content (AvgIpc) is 2.17. The van der Waals surface area contributed by atoms with Gasteiger partial charge in [-0.1, -0.05) is 6.07 Å². The third-order valence-corrected chi connectivity index (χ3v) is 2.59. The van der Waals surface area contributed by atoms with Crippen LogP contribution in [0.1, 0.15) is 0 Å². The van der Waals surface area contributed by atoms with E-state index in [1.165, 1.54) is 12.1 Å². The van der Waals surface area contributed by atoms with Crippen molar-refractivity contribution in [3.63, 3.8) is 0 Å². The molecule has 0 saturated carbocycles. The number of para-hydroxylation sites is 1. The van der Waals surface area contributed by atoms with Gasteiger partial charge in [0.1, 0.15) is 5.82 Å². The first-order valence-corrected chi connectivity index (χ1v) is 6.52. The first kappa shape index (κ1) is 12.7. The molecule has 4 N–H and O–H groups in total. The van der Waals surface area contributed by atoms with E-state index in [-0.39, 0.29) is 12.2 Å². The summed E-state index contributed by atoms with van der Waals surface area (Å²) >= 11 is 0. The molecule has 0 atom stereocenters. The van der Waals surface area contributed by atoms with E-state index in [0.29, 0.717) is 12.2 Å². The molecule has 1 aromatic rings. The van der Waals surface area contributed by atoms with Gasteiger partial charge in [-0.15, -0.1) is 0 Å². The molecule has 7 heteroatoms. The van der Waals surface area contributed by atoms with Gasteiger partial charge in [-0.3, -0.25) is 0 Å². The van der Waals surface area contributed by atoms with Crippen LogP contribution in [0.25, 0.3) is 0 Å². The Balaban J connectivity index is 2.47. The van der Waals surface area contributed by atoms with Crippen molar-refractivity contribution in [3.05, 3.63) is 24.0 Å². The maximum absolute atomic E-state index is 13.0. The summed E-state index contributed by atoms with van der Waals surface area (Å²) in [5, 5.41) is 2.83. The van der Waals surface area contributed by atoms with E-state index < -0.39 is 15.8 Å². The maximum atomic E-state index is 13.0. The van der Waals surface area contributed by atoms with Gasteiger partial charge in [0, 0.05) is 13.1 Å². The molecular formula is C9H14FN3O2S. The Labute approximate surface area is 93.9 Å². The monoisotopic (exact) mass is 247 g/mol. The predicted molar refractivity (Wildman–Crippen MR) is 62.1 cm³/mol. The van der Waals surface area contributed by atoms with Gasteiger partial charge in [0.2, 0.25) is 10.0 Å². The highest BCUT2D eigenvalue weighted by atomic mass is 32.2. The molecule has 0 bridgehead atoms. The summed E-state index contributed by atoms with van der Waals surface area (Å²) in [6, 6.07) is 4.41. The van der Waals surface area contributed by atoms with Crippen LogP contribution in [-0.4, -0.2) is 27.8 Å². The second-order valence-corrected chi connectivity index (χ2v) is 5.13. The molecule has 0 heterocycles. The summed E-state index contributed by atoms with van der Waals surface area (Å²) in [4.78, 5) is 0. The lowest BCUT2D eigenvalue weighted by atomic mass is 10.2. The molecule has 5 nitrogen and oxygen atoms in total. The molecule has 0 aliphatic heterocycles. The SMILES string of the molecule is CS(=O)(=O)NCCNc1cccc(F)c1N. The van der Waals surface area contributed by atoms with Gasteiger partial charge in [-0.05, 0) is 12.1 Å². The van der Waals surface area contributed by atoms with Crippen LogP contribution in [0.2, 0.25) is 0 Å². The summed E-state index contributed by atoms with van der Waals surface area (Å²) in [6.07, 6.45) is 1.07. The molecule has 16 heavy (non-hydrogen) atoms. The van der Waals surface area contributed by atoms with E-state index in [4.69, 9.17) is 5.73 Å². The molecule has 0 radical (unpaired) electrons. The zero-order valence-corrected chi connectivity index (χ0v) is 9.64. The van der Waals surface area contributed by atoms with E-state index in [1.807, 2.05) is 0 Å². The highest BCUT2D eigenvalue weighted by Crippen LogP contribution is 2.20. The number of sulfonamides is 1. The third kappa shape index (κ3) is 4.03. The van der Waals surface area contributed by atoms with Crippen LogP contribution >= 0.6 is 0 Å². The molecule has 1 aromatic carbocycles. The number of nitrogen functional groups attached to an aromatic ring is 1. The number of halogens is 1. The fraction of sp³-hybridized carbons (Fsp3) is 0.333. The first-order chi connectivity index (χ1) is 7.40. The van der Waals surface area contributed by atoms with Crippen LogP contribution < -0.4 is 15.8 Å². The van der Waals surface area contributed by atoms with Crippen LogP contribution in [0.15, 0.2) is 18.2 Å². The molecule has 1 rings (SSSR count). The lowest BCUT2D eigenvalue weighted by Crippen LogP contribution is -2.27. The quantitative estimate of drug-likeness (QED) is 0.518. The first-order valence-electron chi connectivity index (χ1n) is 4.62. The minimum absolute atomic E-state index is 0.0295. The van der Waals surface area contributed by atoms with Crippen LogP contribution in [-0.2, 0) is 10.0 Å². The van der Waals surface area contributed by atoms with Gasteiger partial charge in [0.05, 0.1) is 17.6 Å². The van der Waals surface area contributed by atoms with Crippen molar-refractivity contribution in [2.24, 2.45) is 0 Å². The molecule has 90 valence electrons. The smallest absolute Gasteiger partial charge is 0.208 e. The topological polar surface area (TPSA) is 84.2 Å².